The molecule has 4 nitrogen and oxygen atoms in total. The maximum absolute atomic E-state index is 11.3. The van der Waals surface area contributed by atoms with Crippen LogP contribution in [0.5, 0.6) is 0 Å². The van der Waals surface area contributed by atoms with E-state index in [2.05, 4.69) is 10.3 Å². The van der Waals surface area contributed by atoms with Gasteiger partial charge in [-0.3, -0.25) is 4.79 Å². The van der Waals surface area contributed by atoms with E-state index in [1.165, 1.54) is 11.3 Å². The molecule has 0 unspecified atom stereocenters. The van der Waals surface area contributed by atoms with Gasteiger partial charge in [0.25, 0.3) is 5.91 Å². The summed E-state index contributed by atoms with van der Waals surface area (Å²) in [6.45, 7) is 3.72. The molecule has 1 atom stereocenters. The Balaban J connectivity index is 2.49. The molecule has 0 radical (unpaired) electrons. The van der Waals surface area contributed by atoms with Crippen LogP contribution in [0.25, 0.3) is 0 Å². The van der Waals surface area contributed by atoms with E-state index in [1.54, 1.807) is 6.92 Å². The number of aryl methyl sites for hydroxylation is 1. The van der Waals surface area contributed by atoms with E-state index in [-0.39, 0.29) is 12.5 Å². The van der Waals surface area contributed by atoms with Gasteiger partial charge in [-0.25, -0.2) is 4.98 Å². The third kappa shape index (κ3) is 3.12. The Bertz CT molecular complexity index is 296. The van der Waals surface area contributed by atoms with Crippen molar-refractivity contribution >= 4 is 17.2 Å². The van der Waals surface area contributed by atoms with Gasteiger partial charge in [0.2, 0.25) is 0 Å². The van der Waals surface area contributed by atoms with Gasteiger partial charge in [-0.15, -0.1) is 11.3 Å². The molecule has 72 valence electrons. The zero-order valence-electron chi connectivity index (χ0n) is 7.57. The van der Waals surface area contributed by atoms with Gasteiger partial charge in [0.05, 0.1) is 6.10 Å². The molecule has 13 heavy (non-hydrogen) atoms. The zero-order valence-corrected chi connectivity index (χ0v) is 8.39. The first-order valence-electron chi connectivity index (χ1n) is 3.98. The highest BCUT2D eigenvalue weighted by atomic mass is 32.1. The topological polar surface area (TPSA) is 62.2 Å². The van der Waals surface area contributed by atoms with E-state index >= 15 is 0 Å². The zero-order chi connectivity index (χ0) is 9.84. The fraction of sp³-hybridized carbons (Fsp3) is 0.500. The standard InChI is InChI=1S/C8H12N2O2S/c1-5-4-13-8(10-5)7(12)9-3-6(2)11/h4,6,11H,3H2,1-2H3,(H,9,12)/t6-/m0/s1. The number of amides is 1. The number of hydrogen-bond donors (Lipinski definition) is 2. The maximum Gasteiger partial charge on any atom is 0.280 e. The predicted molar refractivity (Wildman–Crippen MR) is 50.9 cm³/mol. The maximum atomic E-state index is 11.3. The highest BCUT2D eigenvalue weighted by molar-refractivity contribution is 7.11. The molecule has 1 aromatic rings. The average Bonchev–Trinajstić information content (AvgIpc) is 2.47. The van der Waals surface area contributed by atoms with Gasteiger partial charge < -0.3 is 10.4 Å². The highest BCUT2D eigenvalue weighted by Gasteiger charge is 2.09. The lowest BCUT2D eigenvalue weighted by molar-refractivity contribution is 0.0923. The number of nitrogens with zero attached hydrogens (tertiary/aromatic N) is 1. The molecule has 0 aliphatic rings. The first-order valence-corrected chi connectivity index (χ1v) is 4.86. The molecular formula is C8H12N2O2S. The molecule has 0 aromatic carbocycles. The van der Waals surface area contributed by atoms with Crippen LogP contribution in [0.1, 0.15) is 22.4 Å². The van der Waals surface area contributed by atoms with Crippen molar-refractivity contribution in [3.05, 3.63) is 16.1 Å². The molecule has 1 heterocycles. The molecule has 0 saturated heterocycles. The summed E-state index contributed by atoms with van der Waals surface area (Å²) < 4.78 is 0. The Morgan fingerprint density at radius 2 is 2.54 bits per heavy atom. The van der Waals surface area contributed by atoms with Gasteiger partial charge in [0.15, 0.2) is 5.01 Å². The van der Waals surface area contributed by atoms with Crippen molar-refractivity contribution < 1.29 is 9.90 Å². The van der Waals surface area contributed by atoms with Crippen LogP contribution in [-0.4, -0.2) is 28.6 Å². The van der Waals surface area contributed by atoms with E-state index in [4.69, 9.17) is 5.11 Å². The lowest BCUT2D eigenvalue weighted by Gasteiger charge is -2.04. The number of carbonyl (C=O) groups excluding carboxylic acids is 1. The number of aliphatic hydroxyl groups is 1. The van der Waals surface area contributed by atoms with E-state index in [0.717, 1.165) is 5.69 Å². The van der Waals surface area contributed by atoms with Gasteiger partial charge in [-0.05, 0) is 13.8 Å². The second-order valence-electron chi connectivity index (χ2n) is 2.85. The van der Waals surface area contributed by atoms with Gasteiger partial charge in [-0.2, -0.15) is 0 Å². The fourth-order valence-electron chi connectivity index (χ4n) is 0.774. The molecule has 0 bridgehead atoms. The van der Waals surface area contributed by atoms with Crippen molar-refractivity contribution in [2.45, 2.75) is 20.0 Å². The summed E-state index contributed by atoms with van der Waals surface area (Å²) in [6, 6.07) is 0. The Morgan fingerprint density at radius 3 is 3.00 bits per heavy atom. The van der Waals surface area contributed by atoms with Crippen LogP contribution in [0.15, 0.2) is 5.38 Å². The summed E-state index contributed by atoms with van der Waals surface area (Å²) in [5.41, 5.74) is 0.840. The third-order valence-electron chi connectivity index (χ3n) is 1.37. The summed E-state index contributed by atoms with van der Waals surface area (Å²) >= 11 is 1.30. The van der Waals surface area contributed by atoms with Crippen LogP contribution in [0.3, 0.4) is 0 Å². The van der Waals surface area contributed by atoms with Crippen molar-refractivity contribution in [1.29, 1.82) is 0 Å². The molecule has 5 heteroatoms. The van der Waals surface area contributed by atoms with Gasteiger partial charge in [-0.1, -0.05) is 0 Å². The van der Waals surface area contributed by atoms with Gasteiger partial charge in [0.1, 0.15) is 0 Å². The number of thiazole rings is 1. The third-order valence-corrected chi connectivity index (χ3v) is 2.33. The van der Waals surface area contributed by atoms with Crippen LogP contribution in [0.2, 0.25) is 0 Å². The quantitative estimate of drug-likeness (QED) is 0.749. The summed E-state index contributed by atoms with van der Waals surface area (Å²) in [7, 11) is 0. The number of aliphatic hydroxyl groups excluding tert-OH is 1. The minimum absolute atomic E-state index is 0.223. The SMILES string of the molecule is Cc1csc(C(=O)NC[C@H](C)O)n1. The number of rotatable bonds is 3. The molecule has 1 amide bonds. The minimum Gasteiger partial charge on any atom is -0.392 e. The number of carbonyl (C=O) groups is 1. The summed E-state index contributed by atoms with van der Waals surface area (Å²) in [5, 5.41) is 13.8. The number of nitrogens with one attached hydrogen (secondary N) is 1. The smallest absolute Gasteiger partial charge is 0.280 e. The molecule has 0 aliphatic heterocycles. The normalized spacial score (nSPS) is 12.5. The Labute approximate surface area is 80.6 Å². The van der Waals surface area contributed by atoms with Crippen molar-refractivity contribution in [2.75, 3.05) is 6.54 Å². The second-order valence-corrected chi connectivity index (χ2v) is 3.71. The highest BCUT2D eigenvalue weighted by Crippen LogP contribution is 2.07. The van der Waals surface area contributed by atoms with Crippen LogP contribution >= 0.6 is 11.3 Å². The molecule has 1 rings (SSSR count). The van der Waals surface area contributed by atoms with Crippen LogP contribution in [0.4, 0.5) is 0 Å². The summed E-state index contributed by atoms with van der Waals surface area (Å²) in [5.74, 6) is -0.223. The number of aromatic nitrogens is 1. The van der Waals surface area contributed by atoms with Crippen molar-refractivity contribution in [1.82, 2.24) is 10.3 Å². The van der Waals surface area contributed by atoms with Crippen LogP contribution < -0.4 is 5.32 Å². The van der Waals surface area contributed by atoms with E-state index in [1.807, 2.05) is 12.3 Å². The summed E-state index contributed by atoms with van der Waals surface area (Å²) in [4.78, 5) is 15.3. The van der Waals surface area contributed by atoms with Crippen molar-refractivity contribution in [2.24, 2.45) is 0 Å². The van der Waals surface area contributed by atoms with Gasteiger partial charge >= 0.3 is 0 Å². The van der Waals surface area contributed by atoms with Crippen molar-refractivity contribution in [3.63, 3.8) is 0 Å². The lowest BCUT2D eigenvalue weighted by Crippen LogP contribution is -2.30. The van der Waals surface area contributed by atoms with Crippen LogP contribution in [-0.2, 0) is 0 Å². The second kappa shape index (κ2) is 4.34. The molecule has 0 aliphatic carbocycles. The Hall–Kier alpha value is -0.940. The molecule has 0 spiro atoms. The molecule has 0 fully saturated rings. The predicted octanol–water partition coefficient (Wildman–Crippen LogP) is 0.562. The van der Waals surface area contributed by atoms with E-state index < -0.39 is 6.10 Å². The van der Waals surface area contributed by atoms with Gasteiger partial charge in [0, 0.05) is 17.6 Å². The average molecular weight is 200 g/mol. The molecule has 2 N–H and O–H groups in total. The molecule has 1 aromatic heterocycles. The summed E-state index contributed by atoms with van der Waals surface area (Å²) in [6.07, 6.45) is -0.523. The first kappa shape index (κ1) is 10.1. The van der Waals surface area contributed by atoms with Crippen LogP contribution in [0, 0.1) is 6.92 Å². The van der Waals surface area contributed by atoms with E-state index in [0.29, 0.717) is 5.01 Å². The molecular weight excluding hydrogens is 188 g/mol. The lowest BCUT2D eigenvalue weighted by atomic mass is 10.4. The Kier molecular flexibility index (Phi) is 3.39. The minimum atomic E-state index is -0.523. The van der Waals surface area contributed by atoms with Crippen molar-refractivity contribution in [3.8, 4) is 0 Å². The van der Waals surface area contributed by atoms with E-state index in [9.17, 15) is 4.79 Å². The largest absolute Gasteiger partial charge is 0.392 e. The molecule has 0 saturated carbocycles. The first-order chi connectivity index (χ1) is 6.09. The Morgan fingerprint density at radius 1 is 1.85 bits per heavy atom. The fourth-order valence-corrected chi connectivity index (χ4v) is 1.49. The number of hydrogen-bond acceptors (Lipinski definition) is 4. The monoisotopic (exact) mass is 200 g/mol.